The van der Waals surface area contributed by atoms with Crippen LogP contribution in [-0.4, -0.2) is 17.8 Å². The van der Waals surface area contributed by atoms with Crippen molar-refractivity contribution in [1.29, 1.82) is 0 Å². The zero-order valence-electron chi connectivity index (χ0n) is 10.6. The molecular weight excluding hydrogens is 230 g/mol. The molecule has 1 aromatic rings. The van der Waals surface area contributed by atoms with Crippen molar-refractivity contribution >= 4 is 11.3 Å². The molecule has 0 aliphatic heterocycles. The second kappa shape index (κ2) is 6.53. The lowest BCUT2D eigenvalue weighted by Gasteiger charge is -2.32. The number of rotatable bonds is 5. The Balaban J connectivity index is 1.83. The van der Waals surface area contributed by atoms with Crippen LogP contribution in [0.25, 0.3) is 0 Å². The smallest absolute Gasteiger partial charge is 0.0587 e. The van der Waals surface area contributed by atoms with Crippen LogP contribution in [0.5, 0.6) is 0 Å². The Hall–Kier alpha value is -0.380. The van der Waals surface area contributed by atoms with Gasteiger partial charge in [0.05, 0.1) is 6.61 Å². The van der Waals surface area contributed by atoms with Gasteiger partial charge in [0.1, 0.15) is 0 Å². The monoisotopic (exact) mass is 253 g/mol. The maximum absolute atomic E-state index is 9.53. The van der Waals surface area contributed by atoms with Gasteiger partial charge in [-0.1, -0.05) is 25.8 Å². The van der Waals surface area contributed by atoms with Crippen LogP contribution in [0.2, 0.25) is 0 Å². The molecule has 1 heterocycles. The Morgan fingerprint density at radius 1 is 1.53 bits per heavy atom. The molecule has 2 nitrogen and oxygen atoms in total. The topological polar surface area (TPSA) is 32.3 Å². The molecule has 1 fully saturated rings. The van der Waals surface area contributed by atoms with Crippen molar-refractivity contribution in [2.45, 2.75) is 45.2 Å². The molecule has 17 heavy (non-hydrogen) atoms. The second-order valence-corrected chi connectivity index (χ2v) is 6.31. The summed E-state index contributed by atoms with van der Waals surface area (Å²) in [6, 6.07) is 4.51. The van der Waals surface area contributed by atoms with Crippen molar-refractivity contribution in [2.75, 3.05) is 6.61 Å². The summed E-state index contributed by atoms with van der Waals surface area (Å²) in [5.41, 5.74) is 0. The van der Waals surface area contributed by atoms with E-state index >= 15 is 0 Å². The van der Waals surface area contributed by atoms with E-state index in [9.17, 15) is 5.11 Å². The minimum absolute atomic E-state index is 0.267. The fourth-order valence-corrected chi connectivity index (χ4v) is 3.53. The summed E-state index contributed by atoms with van der Waals surface area (Å²) in [4.78, 5) is 1.35. The van der Waals surface area contributed by atoms with E-state index in [0.717, 1.165) is 12.5 Å². The van der Waals surface area contributed by atoms with E-state index in [1.807, 2.05) is 0 Å². The fourth-order valence-electron chi connectivity index (χ4n) is 2.87. The first kappa shape index (κ1) is 13.1. The van der Waals surface area contributed by atoms with Gasteiger partial charge in [-0.3, -0.25) is 0 Å². The molecule has 3 heteroatoms. The molecule has 2 N–H and O–H groups in total. The maximum atomic E-state index is 9.53. The number of thiophene rings is 1. The van der Waals surface area contributed by atoms with E-state index in [4.69, 9.17) is 0 Å². The number of aliphatic hydroxyl groups is 1. The summed E-state index contributed by atoms with van der Waals surface area (Å²) < 4.78 is 0. The summed E-state index contributed by atoms with van der Waals surface area (Å²) in [5.74, 6) is 1.48. The third-order valence-corrected chi connectivity index (χ3v) is 4.74. The third kappa shape index (κ3) is 3.80. The van der Waals surface area contributed by atoms with Gasteiger partial charge in [0.25, 0.3) is 0 Å². The first-order valence-electron chi connectivity index (χ1n) is 6.66. The average molecular weight is 253 g/mol. The molecule has 0 saturated heterocycles. The highest BCUT2D eigenvalue weighted by Crippen LogP contribution is 2.30. The Bertz CT molecular complexity index is 312. The van der Waals surface area contributed by atoms with Gasteiger partial charge in [0.2, 0.25) is 0 Å². The van der Waals surface area contributed by atoms with Gasteiger partial charge in [-0.2, -0.15) is 0 Å². The quantitative estimate of drug-likeness (QED) is 0.845. The molecule has 1 aliphatic rings. The number of nitrogens with one attached hydrogen (secondary N) is 1. The minimum atomic E-state index is 0.267. The first-order valence-corrected chi connectivity index (χ1v) is 7.54. The van der Waals surface area contributed by atoms with Crippen LogP contribution >= 0.6 is 11.3 Å². The highest BCUT2D eigenvalue weighted by Gasteiger charge is 2.25. The van der Waals surface area contributed by atoms with Gasteiger partial charge in [-0.25, -0.2) is 0 Å². The minimum Gasteiger partial charge on any atom is -0.395 e. The molecule has 1 saturated carbocycles. The van der Waals surface area contributed by atoms with Gasteiger partial charge in [-0.15, -0.1) is 11.3 Å². The zero-order chi connectivity index (χ0) is 12.1. The Morgan fingerprint density at radius 2 is 2.41 bits per heavy atom. The van der Waals surface area contributed by atoms with Crippen molar-refractivity contribution in [1.82, 2.24) is 5.32 Å². The van der Waals surface area contributed by atoms with Crippen LogP contribution in [-0.2, 0) is 6.54 Å². The molecule has 3 atom stereocenters. The van der Waals surface area contributed by atoms with E-state index in [0.29, 0.717) is 5.92 Å². The molecule has 96 valence electrons. The Kier molecular flexibility index (Phi) is 5.01. The standard InChI is InChI=1S/C14H23NOS/c1-11-4-2-5-12(8-11)14(10-16)15-9-13-6-3-7-17-13/h3,6-7,11-12,14-16H,2,4-5,8-10H2,1H3. The van der Waals surface area contributed by atoms with Gasteiger partial charge >= 0.3 is 0 Å². The largest absolute Gasteiger partial charge is 0.395 e. The average Bonchev–Trinajstić information content (AvgIpc) is 2.83. The van der Waals surface area contributed by atoms with Crippen LogP contribution in [0.1, 0.15) is 37.5 Å². The summed E-state index contributed by atoms with van der Waals surface area (Å²) in [5, 5.41) is 15.2. The first-order chi connectivity index (χ1) is 8.29. The van der Waals surface area contributed by atoms with Crippen LogP contribution in [0, 0.1) is 11.8 Å². The normalized spacial score (nSPS) is 26.9. The predicted octanol–water partition coefficient (Wildman–Crippen LogP) is 3.02. The van der Waals surface area contributed by atoms with E-state index in [1.54, 1.807) is 11.3 Å². The number of hydrogen-bond donors (Lipinski definition) is 2. The summed E-state index contributed by atoms with van der Waals surface area (Å²) >= 11 is 1.78. The lowest BCUT2D eigenvalue weighted by molar-refractivity contribution is 0.152. The van der Waals surface area contributed by atoms with Crippen LogP contribution in [0.3, 0.4) is 0 Å². The van der Waals surface area contributed by atoms with E-state index < -0.39 is 0 Å². The Morgan fingerprint density at radius 3 is 3.06 bits per heavy atom. The lowest BCUT2D eigenvalue weighted by Crippen LogP contribution is -2.40. The molecule has 2 rings (SSSR count). The van der Waals surface area contributed by atoms with Crippen molar-refractivity contribution < 1.29 is 5.11 Å². The SMILES string of the molecule is CC1CCCC(C(CO)NCc2cccs2)C1. The fraction of sp³-hybridized carbons (Fsp3) is 0.714. The maximum Gasteiger partial charge on any atom is 0.0587 e. The summed E-state index contributed by atoms with van der Waals surface area (Å²) in [6.07, 6.45) is 5.22. The molecule has 0 bridgehead atoms. The van der Waals surface area contributed by atoms with Gasteiger partial charge in [0.15, 0.2) is 0 Å². The second-order valence-electron chi connectivity index (χ2n) is 5.28. The lowest BCUT2D eigenvalue weighted by atomic mass is 9.79. The third-order valence-electron chi connectivity index (χ3n) is 3.86. The molecular formula is C14H23NOS. The van der Waals surface area contributed by atoms with Crippen molar-refractivity contribution in [2.24, 2.45) is 11.8 Å². The molecule has 3 unspecified atom stereocenters. The molecule has 0 amide bonds. The molecule has 1 aliphatic carbocycles. The molecule has 1 aromatic heterocycles. The highest BCUT2D eigenvalue weighted by atomic mass is 32.1. The van der Waals surface area contributed by atoms with Crippen LogP contribution < -0.4 is 5.32 Å². The number of hydrogen-bond acceptors (Lipinski definition) is 3. The number of aliphatic hydroxyl groups excluding tert-OH is 1. The summed E-state index contributed by atoms with van der Waals surface area (Å²) in [6.45, 7) is 3.50. The molecule has 0 spiro atoms. The van der Waals surface area contributed by atoms with Crippen LogP contribution in [0.4, 0.5) is 0 Å². The highest BCUT2D eigenvalue weighted by molar-refractivity contribution is 7.09. The molecule has 0 aromatic carbocycles. The van der Waals surface area contributed by atoms with Gasteiger partial charge in [0, 0.05) is 17.5 Å². The van der Waals surface area contributed by atoms with E-state index in [-0.39, 0.29) is 12.6 Å². The van der Waals surface area contributed by atoms with Crippen molar-refractivity contribution in [3.63, 3.8) is 0 Å². The van der Waals surface area contributed by atoms with E-state index in [1.165, 1.54) is 30.6 Å². The predicted molar refractivity (Wildman–Crippen MR) is 73.2 cm³/mol. The Labute approximate surface area is 108 Å². The van der Waals surface area contributed by atoms with Crippen molar-refractivity contribution in [3.05, 3.63) is 22.4 Å². The van der Waals surface area contributed by atoms with E-state index in [2.05, 4.69) is 29.8 Å². The molecule has 0 radical (unpaired) electrons. The zero-order valence-corrected chi connectivity index (χ0v) is 11.4. The van der Waals surface area contributed by atoms with Crippen LogP contribution in [0.15, 0.2) is 17.5 Å². The summed E-state index contributed by atoms with van der Waals surface area (Å²) in [7, 11) is 0. The van der Waals surface area contributed by atoms with Crippen molar-refractivity contribution in [3.8, 4) is 0 Å². The van der Waals surface area contributed by atoms with Gasteiger partial charge < -0.3 is 10.4 Å². The van der Waals surface area contributed by atoms with Gasteiger partial charge in [-0.05, 0) is 36.1 Å².